The second-order valence-electron chi connectivity index (χ2n) is 12.0. The van der Waals surface area contributed by atoms with Crippen LogP contribution in [0.25, 0.3) is 16.9 Å². The minimum atomic E-state index is -0.0217. The Hall–Kier alpha value is -2.56. The molecule has 0 radical (unpaired) electrons. The van der Waals surface area contributed by atoms with E-state index in [1.807, 2.05) is 40.5 Å². The molecule has 0 saturated carbocycles. The number of hydrogen-bond acceptors (Lipinski definition) is 7. The van der Waals surface area contributed by atoms with E-state index in [1.165, 1.54) is 0 Å². The third kappa shape index (κ3) is 5.50. The lowest BCUT2D eigenvalue weighted by Gasteiger charge is -2.42. The second kappa shape index (κ2) is 11.7. The van der Waals surface area contributed by atoms with E-state index in [2.05, 4.69) is 40.0 Å². The number of benzene rings is 1. The van der Waals surface area contributed by atoms with Crippen LogP contribution in [0.2, 0.25) is 5.02 Å². The molecule has 1 aromatic carbocycles. The number of nitrogens with one attached hydrogen (secondary N) is 3. The van der Waals surface area contributed by atoms with E-state index in [4.69, 9.17) is 16.6 Å². The summed E-state index contributed by atoms with van der Waals surface area (Å²) >= 11 is 6.41. The number of halogens is 1. The number of aromatic nitrogens is 4. The highest BCUT2D eigenvalue weighted by Gasteiger charge is 2.41. The van der Waals surface area contributed by atoms with Gasteiger partial charge in [0, 0.05) is 60.3 Å². The van der Waals surface area contributed by atoms with Crippen LogP contribution in [-0.2, 0) is 0 Å². The zero-order valence-electron chi connectivity index (χ0n) is 23.7. The predicted octanol–water partition coefficient (Wildman–Crippen LogP) is 3.56. The van der Waals surface area contributed by atoms with Crippen molar-refractivity contribution < 1.29 is 0 Å². The van der Waals surface area contributed by atoms with Gasteiger partial charge in [-0.3, -0.25) is 14.8 Å². The van der Waals surface area contributed by atoms with Gasteiger partial charge in [-0.15, -0.1) is 0 Å². The summed E-state index contributed by atoms with van der Waals surface area (Å²) in [6, 6.07) is 8.55. The van der Waals surface area contributed by atoms with Crippen LogP contribution in [0, 0.1) is 18.8 Å². The molecule has 3 aliphatic heterocycles. The van der Waals surface area contributed by atoms with Crippen LogP contribution in [0.5, 0.6) is 0 Å². The molecule has 5 heterocycles. The van der Waals surface area contributed by atoms with E-state index in [1.54, 1.807) is 18.7 Å². The number of rotatable bonds is 3. The summed E-state index contributed by atoms with van der Waals surface area (Å²) in [6.45, 7) is 7.31. The van der Waals surface area contributed by atoms with Gasteiger partial charge < -0.3 is 15.2 Å². The Morgan fingerprint density at radius 1 is 1.05 bits per heavy atom. The maximum atomic E-state index is 13.8. The Labute approximate surface area is 241 Å². The first kappa shape index (κ1) is 27.6. The summed E-state index contributed by atoms with van der Waals surface area (Å²) < 4.78 is 3.88. The summed E-state index contributed by atoms with van der Waals surface area (Å²) in [7, 11) is 2.18. The molecule has 2 bridgehead atoms. The molecule has 3 aromatic rings. The van der Waals surface area contributed by atoms with Gasteiger partial charge >= 0.3 is 0 Å². The standard InChI is InChI=1S/C30H41ClN8O/c1-19-5-4-6-28(25-11-21(9-10-33-25)30-26(34-14-19)16-36-37(30)3)39-18-35-24(13-29(39)40)23-12-22(31)7-8-27(23)38-17-32-15-20(38)2/h7-8,12-13,15,17-19,21,25-26,28,30,33-34,36H,4-6,9-11,14,16H2,1-3H3/t19-,21?,25?,26?,28+,30?/m1/s1. The molecular weight excluding hydrogens is 524 g/mol. The predicted molar refractivity (Wildman–Crippen MR) is 159 cm³/mol. The van der Waals surface area contributed by atoms with Gasteiger partial charge in [0.05, 0.1) is 30.1 Å². The fourth-order valence-corrected chi connectivity index (χ4v) is 7.34. The third-order valence-electron chi connectivity index (χ3n) is 9.28. The molecule has 10 heteroatoms. The fourth-order valence-electron chi connectivity index (χ4n) is 7.17. The SMILES string of the molecule is Cc1cncn1-c1ccc(Cl)cc1-c1cc(=O)n([C@H]2CCC[C@@H](C)CNC3CNN(C)C3C3CCNC2C3)cn1. The molecule has 4 unspecified atom stereocenters. The van der Waals surface area contributed by atoms with Crippen LogP contribution in [0.1, 0.15) is 50.8 Å². The smallest absolute Gasteiger partial charge is 0.254 e. The summed E-state index contributed by atoms with van der Waals surface area (Å²) in [4.78, 5) is 22.9. The van der Waals surface area contributed by atoms with Gasteiger partial charge in [0.2, 0.25) is 0 Å². The topological polar surface area (TPSA) is 92.0 Å². The lowest BCUT2D eigenvalue weighted by atomic mass is 9.80. The van der Waals surface area contributed by atoms with Crippen LogP contribution >= 0.6 is 11.6 Å². The number of likely N-dealkylation sites (N-methyl/N-ethyl adjacent to an activating group) is 1. The van der Waals surface area contributed by atoms with Crippen molar-refractivity contribution >= 4 is 11.6 Å². The molecule has 3 N–H and O–H groups in total. The van der Waals surface area contributed by atoms with Gasteiger partial charge in [0.15, 0.2) is 0 Å². The van der Waals surface area contributed by atoms with Crippen LogP contribution in [-0.4, -0.2) is 68.9 Å². The Morgan fingerprint density at radius 2 is 1.93 bits per heavy atom. The third-order valence-corrected chi connectivity index (χ3v) is 9.52. The van der Waals surface area contributed by atoms with E-state index in [-0.39, 0.29) is 17.6 Å². The maximum absolute atomic E-state index is 13.8. The van der Waals surface area contributed by atoms with E-state index in [0.29, 0.717) is 34.6 Å². The van der Waals surface area contributed by atoms with Crippen LogP contribution < -0.4 is 21.6 Å². The molecule has 6 atom stereocenters. The van der Waals surface area contributed by atoms with Gasteiger partial charge in [-0.25, -0.2) is 15.0 Å². The molecule has 3 aliphatic rings. The van der Waals surface area contributed by atoms with Gasteiger partial charge in [-0.2, -0.15) is 0 Å². The van der Waals surface area contributed by atoms with E-state index in [0.717, 1.165) is 68.7 Å². The minimum absolute atomic E-state index is 0.0217. The molecule has 214 valence electrons. The Morgan fingerprint density at radius 3 is 2.73 bits per heavy atom. The first-order valence-corrected chi connectivity index (χ1v) is 15.1. The number of imidazole rings is 1. The molecule has 0 aliphatic carbocycles. The summed E-state index contributed by atoms with van der Waals surface area (Å²) in [5, 5.41) is 10.6. The number of fused-ring (bicyclic) bond motifs is 4. The quantitative estimate of drug-likeness (QED) is 0.448. The van der Waals surface area contributed by atoms with E-state index < -0.39 is 0 Å². The minimum Gasteiger partial charge on any atom is -0.312 e. The Bertz CT molecular complexity index is 1390. The Balaban J connectivity index is 1.34. The van der Waals surface area contributed by atoms with Gasteiger partial charge in [0.25, 0.3) is 5.56 Å². The lowest BCUT2D eigenvalue weighted by molar-refractivity contribution is 0.108. The summed E-state index contributed by atoms with van der Waals surface area (Å²) in [5.41, 5.74) is 6.89. The van der Waals surface area contributed by atoms with Crippen LogP contribution in [0.4, 0.5) is 0 Å². The van der Waals surface area contributed by atoms with Crippen molar-refractivity contribution in [1.29, 1.82) is 0 Å². The normalized spacial score (nSPS) is 29.9. The van der Waals surface area contributed by atoms with Crippen molar-refractivity contribution in [2.24, 2.45) is 11.8 Å². The van der Waals surface area contributed by atoms with E-state index in [9.17, 15) is 4.79 Å². The monoisotopic (exact) mass is 564 g/mol. The van der Waals surface area contributed by atoms with Crippen molar-refractivity contribution in [3.63, 3.8) is 0 Å². The second-order valence-corrected chi connectivity index (χ2v) is 12.4. The van der Waals surface area contributed by atoms with Crippen molar-refractivity contribution in [2.45, 2.75) is 70.1 Å². The summed E-state index contributed by atoms with van der Waals surface area (Å²) in [6.07, 6.45) is 10.7. The Kier molecular flexibility index (Phi) is 8.10. The number of nitrogens with zero attached hydrogens (tertiary/aromatic N) is 5. The number of piperidine rings is 1. The van der Waals surface area contributed by atoms with E-state index >= 15 is 0 Å². The molecule has 3 saturated heterocycles. The zero-order valence-corrected chi connectivity index (χ0v) is 24.4. The van der Waals surface area contributed by atoms with Crippen LogP contribution in [0.3, 0.4) is 0 Å². The number of hydrazine groups is 1. The van der Waals surface area contributed by atoms with Gasteiger partial charge in [0.1, 0.15) is 0 Å². The molecule has 0 amide bonds. The first-order valence-electron chi connectivity index (χ1n) is 14.7. The molecule has 0 spiro atoms. The van der Waals surface area contributed by atoms with Crippen molar-refractivity contribution in [3.05, 3.63) is 64.2 Å². The molecule has 40 heavy (non-hydrogen) atoms. The molecule has 9 nitrogen and oxygen atoms in total. The first-order chi connectivity index (χ1) is 19.4. The molecule has 3 fully saturated rings. The van der Waals surface area contributed by atoms with Gasteiger partial charge in [-0.05, 0) is 75.7 Å². The number of aryl methyl sites for hydroxylation is 1. The van der Waals surface area contributed by atoms with Gasteiger partial charge in [-0.1, -0.05) is 24.9 Å². The van der Waals surface area contributed by atoms with Crippen molar-refractivity contribution in [3.8, 4) is 16.9 Å². The fraction of sp³-hybridized carbons (Fsp3) is 0.567. The molecular formula is C30H41ClN8O. The highest BCUT2D eigenvalue weighted by molar-refractivity contribution is 6.31. The average molecular weight is 565 g/mol. The van der Waals surface area contributed by atoms with Crippen LogP contribution in [0.15, 0.2) is 47.9 Å². The maximum Gasteiger partial charge on any atom is 0.254 e. The lowest BCUT2D eigenvalue weighted by Crippen LogP contribution is -2.54. The molecule has 2 aromatic heterocycles. The molecule has 6 rings (SSSR count). The highest BCUT2D eigenvalue weighted by Crippen LogP contribution is 2.34. The zero-order chi connectivity index (χ0) is 27.8. The summed E-state index contributed by atoms with van der Waals surface area (Å²) in [5.74, 6) is 1.14. The largest absolute Gasteiger partial charge is 0.312 e. The average Bonchev–Trinajstić information content (AvgIpc) is 3.54. The highest BCUT2D eigenvalue weighted by atomic mass is 35.5. The number of hydrogen-bond donors (Lipinski definition) is 3. The van der Waals surface area contributed by atoms with Crippen molar-refractivity contribution in [2.75, 3.05) is 26.7 Å². The van der Waals surface area contributed by atoms with Crippen molar-refractivity contribution in [1.82, 2.24) is 40.2 Å².